The number of aryl methyl sites for hydroxylation is 1. The minimum Gasteiger partial charge on any atom is -0.493 e. The van der Waals surface area contributed by atoms with Gasteiger partial charge in [-0.15, -0.1) is 0 Å². The average molecular weight is 467 g/mol. The second-order valence-corrected chi connectivity index (χ2v) is 7.81. The SMILES string of the molecule is CC[C@H](C(=O)NC)N(Cc1ccc(Cl)c(Cl)c1)C(=O)CCc1ccc(OC)c(OC)c1. The fourth-order valence-corrected chi connectivity index (χ4v) is 3.67. The van der Waals surface area contributed by atoms with Crippen LogP contribution in [0.15, 0.2) is 36.4 Å². The standard InChI is InChI=1S/C23H28Cl2N2O4/c1-5-19(23(29)26-2)27(14-16-6-9-17(24)18(25)12-16)22(28)11-8-15-7-10-20(30-3)21(13-15)31-4/h6-7,9-10,12-13,19H,5,8,11,14H2,1-4H3,(H,26,29)/t19-/m1/s1. The third-order valence-electron chi connectivity index (χ3n) is 5.04. The molecular weight excluding hydrogens is 439 g/mol. The van der Waals surface area contributed by atoms with Gasteiger partial charge in [0.25, 0.3) is 0 Å². The van der Waals surface area contributed by atoms with Gasteiger partial charge in [0.05, 0.1) is 24.3 Å². The van der Waals surface area contributed by atoms with Crippen molar-refractivity contribution in [1.82, 2.24) is 10.2 Å². The number of benzene rings is 2. The lowest BCUT2D eigenvalue weighted by Gasteiger charge is -2.30. The molecule has 0 saturated heterocycles. The lowest BCUT2D eigenvalue weighted by atomic mass is 10.1. The number of hydrogen-bond donors (Lipinski definition) is 1. The van der Waals surface area contributed by atoms with Crippen LogP contribution in [0.3, 0.4) is 0 Å². The summed E-state index contributed by atoms with van der Waals surface area (Å²) in [5.74, 6) is 0.903. The van der Waals surface area contributed by atoms with E-state index in [9.17, 15) is 9.59 Å². The van der Waals surface area contributed by atoms with Crippen molar-refractivity contribution in [2.45, 2.75) is 38.8 Å². The van der Waals surface area contributed by atoms with Gasteiger partial charge in [-0.3, -0.25) is 9.59 Å². The molecule has 0 unspecified atom stereocenters. The number of amides is 2. The van der Waals surface area contributed by atoms with E-state index in [2.05, 4.69) is 5.32 Å². The quantitative estimate of drug-likeness (QED) is 0.559. The number of likely N-dealkylation sites (N-methyl/N-ethyl adjacent to an activating group) is 1. The van der Waals surface area contributed by atoms with Gasteiger partial charge in [0.15, 0.2) is 11.5 Å². The van der Waals surface area contributed by atoms with Crippen molar-refractivity contribution in [3.05, 3.63) is 57.6 Å². The molecule has 0 heterocycles. The Morgan fingerprint density at radius 1 is 1.00 bits per heavy atom. The molecular formula is C23H28Cl2N2O4. The second kappa shape index (κ2) is 11.8. The summed E-state index contributed by atoms with van der Waals surface area (Å²) in [4.78, 5) is 27.2. The van der Waals surface area contributed by atoms with E-state index in [-0.39, 0.29) is 24.8 Å². The van der Waals surface area contributed by atoms with Crippen LogP contribution in [0.25, 0.3) is 0 Å². The van der Waals surface area contributed by atoms with E-state index in [1.807, 2.05) is 25.1 Å². The molecule has 0 fully saturated rings. The Morgan fingerprint density at radius 3 is 2.26 bits per heavy atom. The number of carbonyl (C=O) groups is 2. The maximum atomic E-state index is 13.2. The highest BCUT2D eigenvalue weighted by Gasteiger charge is 2.28. The fourth-order valence-electron chi connectivity index (χ4n) is 3.35. The minimum absolute atomic E-state index is 0.128. The van der Waals surface area contributed by atoms with Crippen LogP contribution in [0, 0.1) is 0 Å². The molecule has 0 aliphatic carbocycles. The number of hydrogen-bond acceptors (Lipinski definition) is 4. The first kappa shape index (κ1) is 24.8. The summed E-state index contributed by atoms with van der Waals surface area (Å²) in [5.41, 5.74) is 1.74. The van der Waals surface area contributed by atoms with Crippen LogP contribution in [0.5, 0.6) is 11.5 Å². The molecule has 2 aromatic rings. The highest BCUT2D eigenvalue weighted by atomic mass is 35.5. The van der Waals surface area contributed by atoms with Crippen LogP contribution in [0.4, 0.5) is 0 Å². The second-order valence-electron chi connectivity index (χ2n) is 7.00. The summed E-state index contributed by atoms with van der Waals surface area (Å²) < 4.78 is 10.6. The van der Waals surface area contributed by atoms with E-state index < -0.39 is 6.04 Å². The summed E-state index contributed by atoms with van der Waals surface area (Å²) in [5, 5.41) is 3.50. The third kappa shape index (κ3) is 6.52. The molecule has 8 heteroatoms. The molecule has 31 heavy (non-hydrogen) atoms. The first-order valence-electron chi connectivity index (χ1n) is 10.00. The number of nitrogens with one attached hydrogen (secondary N) is 1. The zero-order valence-electron chi connectivity index (χ0n) is 18.2. The number of carbonyl (C=O) groups excluding carboxylic acids is 2. The van der Waals surface area contributed by atoms with E-state index in [1.54, 1.807) is 44.4 Å². The number of methoxy groups -OCH3 is 2. The molecule has 168 valence electrons. The van der Waals surface area contributed by atoms with Gasteiger partial charge < -0.3 is 19.7 Å². The van der Waals surface area contributed by atoms with Gasteiger partial charge in [-0.2, -0.15) is 0 Å². The molecule has 1 N–H and O–H groups in total. The van der Waals surface area contributed by atoms with Crippen LogP contribution in [-0.2, 0) is 22.6 Å². The van der Waals surface area contributed by atoms with E-state index in [0.29, 0.717) is 34.4 Å². The van der Waals surface area contributed by atoms with Crippen molar-refractivity contribution in [2.75, 3.05) is 21.3 Å². The lowest BCUT2D eigenvalue weighted by Crippen LogP contribution is -2.48. The molecule has 0 radical (unpaired) electrons. The van der Waals surface area contributed by atoms with Crippen molar-refractivity contribution < 1.29 is 19.1 Å². The Morgan fingerprint density at radius 2 is 1.68 bits per heavy atom. The van der Waals surface area contributed by atoms with Crippen LogP contribution in [0.2, 0.25) is 10.0 Å². The van der Waals surface area contributed by atoms with E-state index in [1.165, 1.54) is 0 Å². The Bertz CT molecular complexity index is 920. The first-order chi connectivity index (χ1) is 14.8. The largest absolute Gasteiger partial charge is 0.493 e. The van der Waals surface area contributed by atoms with Crippen molar-refractivity contribution in [3.63, 3.8) is 0 Å². The third-order valence-corrected chi connectivity index (χ3v) is 5.78. The fraction of sp³-hybridized carbons (Fsp3) is 0.391. The van der Waals surface area contributed by atoms with Gasteiger partial charge in [-0.25, -0.2) is 0 Å². The van der Waals surface area contributed by atoms with Crippen molar-refractivity contribution in [1.29, 1.82) is 0 Å². The van der Waals surface area contributed by atoms with Crippen LogP contribution in [0.1, 0.15) is 30.9 Å². The Labute approximate surface area is 193 Å². The molecule has 2 amide bonds. The van der Waals surface area contributed by atoms with E-state index >= 15 is 0 Å². The monoisotopic (exact) mass is 466 g/mol. The van der Waals surface area contributed by atoms with Gasteiger partial charge in [0.1, 0.15) is 6.04 Å². The predicted molar refractivity (Wildman–Crippen MR) is 123 cm³/mol. The van der Waals surface area contributed by atoms with E-state index in [4.69, 9.17) is 32.7 Å². The van der Waals surface area contributed by atoms with Gasteiger partial charge in [0, 0.05) is 20.0 Å². The van der Waals surface area contributed by atoms with Gasteiger partial charge in [-0.05, 0) is 48.2 Å². The summed E-state index contributed by atoms with van der Waals surface area (Å²) >= 11 is 12.1. The summed E-state index contributed by atoms with van der Waals surface area (Å²) in [7, 11) is 4.71. The van der Waals surface area contributed by atoms with Crippen molar-refractivity contribution >= 4 is 35.0 Å². The van der Waals surface area contributed by atoms with Crippen LogP contribution >= 0.6 is 23.2 Å². The molecule has 0 aromatic heterocycles. The Hall–Kier alpha value is -2.44. The van der Waals surface area contributed by atoms with Gasteiger partial charge >= 0.3 is 0 Å². The first-order valence-corrected chi connectivity index (χ1v) is 10.8. The highest BCUT2D eigenvalue weighted by molar-refractivity contribution is 6.42. The smallest absolute Gasteiger partial charge is 0.242 e. The molecule has 2 aromatic carbocycles. The number of ether oxygens (including phenoxy) is 2. The molecule has 0 aliphatic rings. The Balaban J connectivity index is 2.22. The maximum absolute atomic E-state index is 13.2. The van der Waals surface area contributed by atoms with Crippen molar-refractivity contribution in [2.24, 2.45) is 0 Å². The average Bonchev–Trinajstić information content (AvgIpc) is 2.79. The normalized spacial score (nSPS) is 11.5. The molecule has 1 atom stereocenters. The Kier molecular flexibility index (Phi) is 9.46. The minimum atomic E-state index is -0.586. The number of rotatable bonds is 10. The summed E-state index contributed by atoms with van der Waals surface area (Å²) in [6, 6.07) is 10.2. The number of nitrogens with zero attached hydrogens (tertiary/aromatic N) is 1. The highest BCUT2D eigenvalue weighted by Crippen LogP contribution is 2.28. The predicted octanol–water partition coefficient (Wildman–Crippen LogP) is 4.50. The topological polar surface area (TPSA) is 67.9 Å². The molecule has 0 bridgehead atoms. The van der Waals surface area contributed by atoms with E-state index in [0.717, 1.165) is 11.1 Å². The van der Waals surface area contributed by atoms with Crippen LogP contribution < -0.4 is 14.8 Å². The molecule has 0 spiro atoms. The zero-order valence-corrected chi connectivity index (χ0v) is 19.7. The van der Waals surface area contributed by atoms with Crippen LogP contribution in [-0.4, -0.2) is 44.0 Å². The summed E-state index contributed by atoms with van der Waals surface area (Å²) in [6.45, 7) is 2.14. The van der Waals surface area contributed by atoms with Gasteiger partial charge in [0.2, 0.25) is 11.8 Å². The molecule has 0 aliphatic heterocycles. The summed E-state index contributed by atoms with van der Waals surface area (Å²) in [6.07, 6.45) is 1.23. The zero-order chi connectivity index (χ0) is 23.0. The number of halogens is 2. The molecule has 0 saturated carbocycles. The lowest BCUT2D eigenvalue weighted by molar-refractivity contribution is -0.141. The maximum Gasteiger partial charge on any atom is 0.242 e. The van der Waals surface area contributed by atoms with Crippen molar-refractivity contribution in [3.8, 4) is 11.5 Å². The van der Waals surface area contributed by atoms with Gasteiger partial charge in [-0.1, -0.05) is 42.3 Å². The molecule has 6 nitrogen and oxygen atoms in total. The molecule has 2 rings (SSSR count).